The molecular formula is C28H23BrN2O3. The monoisotopic (exact) mass is 514 g/mol. The van der Waals surface area contributed by atoms with Crippen LogP contribution in [0.1, 0.15) is 11.1 Å². The fourth-order valence-corrected chi connectivity index (χ4v) is 3.66. The molecule has 0 bridgehead atoms. The maximum absolute atomic E-state index is 12.3. The van der Waals surface area contributed by atoms with Gasteiger partial charge in [0.25, 0.3) is 5.91 Å². The molecule has 0 aromatic heterocycles. The number of nitrogens with one attached hydrogen (secondary N) is 1. The minimum absolute atomic E-state index is 0.156. The van der Waals surface area contributed by atoms with Gasteiger partial charge < -0.3 is 9.47 Å². The summed E-state index contributed by atoms with van der Waals surface area (Å²) >= 11 is 3.47. The number of carbonyl (C=O) groups is 1. The van der Waals surface area contributed by atoms with E-state index in [4.69, 9.17) is 9.47 Å². The maximum atomic E-state index is 12.3. The third kappa shape index (κ3) is 6.56. The molecule has 0 unspecified atom stereocenters. The summed E-state index contributed by atoms with van der Waals surface area (Å²) < 4.78 is 12.6. The summed E-state index contributed by atoms with van der Waals surface area (Å²) in [6, 6.07) is 33.1. The summed E-state index contributed by atoms with van der Waals surface area (Å²) in [7, 11) is 0. The molecule has 4 rings (SSSR count). The highest BCUT2D eigenvalue weighted by molar-refractivity contribution is 9.10. The summed E-state index contributed by atoms with van der Waals surface area (Å²) in [5, 5.41) is 4.09. The third-order valence-corrected chi connectivity index (χ3v) is 5.43. The summed E-state index contributed by atoms with van der Waals surface area (Å²) in [6.45, 7) is 0.279. The Kier molecular flexibility index (Phi) is 8.08. The molecule has 4 aromatic carbocycles. The van der Waals surface area contributed by atoms with Crippen LogP contribution in [-0.2, 0) is 11.4 Å². The van der Waals surface area contributed by atoms with E-state index in [1.807, 2.05) is 103 Å². The molecule has 0 fully saturated rings. The fraction of sp³-hybridized carbons (Fsp3) is 0.0714. The Morgan fingerprint density at radius 1 is 0.824 bits per heavy atom. The zero-order chi connectivity index (χ0) is 23.6. The van der Waals surface area contributed by atoms with Crippen molar-refractivity contribution in [2.24, 2.45) is 5.10 Å². The SMILES string of the molecule is O=C(COc1ccccc1-c1ccccc1)N/N=C/c1cc(Br)ccc1OCc1ccccc1. The number of rotatable bonds is 9. The van der Waals surface area contributed by atoms with Gasteiger partial charge in [-0.3, -0.25) is 4.79 Å². The molecule has 0 aliphatic carbocycles. The topological polar surface area (TPSA) is 59.9 Å². The molecule has 5 nitrogen and oxygen atoms in total. The number of nitrogens with zero attached hydrogens (tertiary/aromatic N) is 1. The number of carbonyl (C=O) groups excluding carboxylic acids is 1. The predicted octanol–water partition coefficient (Wildman–Crippen LogP) is 6.22. The second-order valence-electron chi connectivity index (χ2n) is 7.40. The fourth-order valence-electron chi connectivity index (χ4n) is 3.29. The molecular weight excluding hydrogens is 492 g/mol. The van der Waals surface area contributed by atoms with Gasteiger partial charge in [-0.25, -0.2) is 5.43 Å². The van der Waals surface area contributed by atoms with Gasteiger partial charge in [0.1, 0.15) is 18.1 Å². The van der Waals surface area contributed by atoms with Gasteiger partial charge in [0.05, 0.1) is 6.21 Å². The lowest BCUT2D eigenvalue weighted by molar-refractivity contribution is -0.123. The van der Waals surface area contributed by atoms with Crippen LogP contribution in [0.15, 0.2) is 113 Å². The number of halogens is 1. The number of para-hydroxylation sites is 1. The lowest BCUT2D eigenvalue weighted by Crippen LogP contribution is -2.24. The lowest BCUT2D eigenvalue weighted by atomic mass is 10.1. The summed E-state index contributed by atoms with van der Waals surface area (Å²) in [4.78, 5) is 12.3. The maximum Gasteiger partial charge on any atom is 0.277 e. The number of amides is 1. The minimum atomic E-state index is -0.360. The van der Waals surface area contributed by atoms with Gasteiger partial charge in [0.15, 0.2) is 6.61 Å². The van der Waals surface area contributed by atoms with Gasteiger partial charge in [0.2, 0.25) is 0 Å². The Labute approximate surface area is 207 Å². The molecule has 1 N–H and O–H groups in total. The van der Waals surface area contributed by atoms with Crippen LogP contribution in [-0.4, -0.2) is 18.7 Å². The van der Waals surface area contributed by atoms with Crippen molar-refractivity contribution < 1.29 is 14.3 Å². The van der Waals surface area contributed by atoms with Crippen molar-refractivity contribution in [2.75, 3.05) is 6.61 Å². The van der Waals surface area contributed by atoms with Crippen molar-refractivity contribution in [1.82, 2.24) is 5.43 Å². The van der Waals surface area contributed by atoms with Crippen LogP contribution in [0.4, 0.5) is 0 Å². The van der Waals surface area contributed by atoms with Crippen molar-refractivity contribution in [3.8, 4) is 22.6 Å². The molecule has 0 aliphatic rings. The number of hydrogen-bond acceptors (Lipinski definition) is 4. The van der Waals surface area contributed by atoms with Crippen molar-refractivity contribution >= 4 is 28.1 Å². The van der Waals surface area contributed by atoms with Gasteiger partial charge in [0, 0.05) is 15.6 Å². The highest BCUT2D eigenvalue weighted by Gasteiger charge is 2.08. The Morgan fingerprint density at radius 2 is 1.53 bits per heavy atom. The van der Waals surface area contributed by atoms with Gasteiger partial charge in [-0.15, -0.1) is 0 Å². The zero-order valence-electron chi connectivity index (χ0n) is 18.4. The molecule has 1 amide bonds. The average Bonchev–Trinajstić information content (AvgIpc) is 2.88. The lowest BCUT2D eigenvalue weighted by Gasteiger charge is -2.11. The highest BCUT2D eigenvalue weighted by Crippen LogP contribution is 2.29. The van der Waals surface area contributed by atoms with E-state index in [0.717, 1.165) is 26.7 Å². The molecule has 0 spiro atoms. The van der Waals surface area contributed by atoms with Gasteiger partial charge >= 0.3 is 0 Å². The first-order valence-corrected chi connectivity index (χ1v) is 11.5. The van der Waals surface area contributed by atoms with Crippen LogP contribution in [0, 0.1) is 0 Å². The number of benzene rings is 4. The first kappa shape index (κ1) is 23.3. The minimum Gasteiger partial charge on any atom is -0.488 e. The molecule has 34 heavy (non-hydrogen) atoms. The van der Waals surface area contributed by atoms with Gasteiger partial charge in [-0.2, -0.15) is 5.10 Å². The van der Waals surface area contributed by atoms with Crippen molar-refractivity contribution in [1.29, 1.82) is 0 Å². The normalized spacial score (nSPS) is 10.7. The second-order valence-corrected chi connectivity index (χ2v) is 8.32. The standard InChI is InChI=1S/C28H23BrN2O3/c29-24-15-16-26(33-19-21-9-3-1-4-10-21)23(17-24)18-30-31-28(32)20-34-27-14-8-7-13-25(27)22-11-5-2-6-12-22/h1-18H,19-20H2,(H,31,32)/b30-18+. The number of ether oxygens (including phenoxy) is 2. The van der Waals surface area contributed by atoms with Crippen LogP contribution in [0.2, 0.25) is 0 Å². The zero-order valence-corrected chi connectivity index (χ0v) is 19.9. The summed E-state index contributed by atoms with van der Waals surface area (Å²) in [6.07, 6.45) is 1.56. The molecule has 0 saturated heterocycles. The smallest absolute Gasteiger partial charge is 0.277 e. The Bertz CT molecular complexity index is 1260. The molecule has 170 valence electrons. The Balaban J connectivity index is 1.35. The Morgan fingerprint density at radius 3 is 2.32 bits per heavy atom. The molecule has 4 aromatic rings. The molecule has 0 aliphatic heterocycles. The molecule has 0 heterocycles. The predicted molar refractivity (Wildman–Crippen MR) is 138 cm³/mol. The van der Waals surface area contributed by atoms with E-state index in [9.17, 15) is 4.79 Å². The van der Waals surface area contributed by atoms with E-state index in [0.29, 0.717) is 18.1 Å². The Hall–Kier alpha value is -3.90. The van der Waals surface area contributed by atoms with E-state index in [1.165, 1.54) is 0 Å². The van der Waals surface area contributed by atoms with Crippen LogP contribution >= 0.6 is 15.9 Å². The van der Waals surface area contributed by atoms with Crippen LogP contribution < -0.4 is 14.9 Å². The largest absolute Gasteiger partial charge is 0.488 e. The molecule has 0 radical (unpaired) electrons. The number of hydrazone groups is 1. The first-order chi connectivity index (χ1) is 16.7. The van der Waals surface area contributed by atoms with Gasteiger partial charge in [-0.1, -0.05) is 94.8 Å². The highest BCUT2D eigenvalue weighted by atomic mass is 79.9. The van der Waals surface area contributed by atoms with Crippen LogP contribution in [0.5, 0.6) is 11.5 Å². The third-order valence-electron chi connectivity index (χ3n) is 4.93. The van der Waals surface area contributed by atoms with E-state index >= 15 is 0 Å². The van der Waals surface area contributed by atoms with Crippen molar-refractivity contribution in [3.05, 3.63) is 119 Å². The quantitative estimate of drug-likeness (QED) is 0.213. The van der Waals surface area contributed by atoms with Crippen molar-refractivity contribution in [2.45, 2.75) is 6.61 Å². The van der Waals surface area contributed by atoms with E-state index in [-0.39, 0.29) is 12.5 Å². The molecule has 0 saturated carbocycles. The van der Waals surface area contributed by atoms with E-state index < -0.39 is 0 Å². The van der Waals surface area contributed by atoms with E-state index in [2.05, 4.69) is 26.5 Å². The summed E-state index contributed by atoms with van der Waals surface area (Å²) in [5.74, 6) is 0.940. The molecule has 6 heteroatoms. The summed E-state index contributed by atoms with van der Waals surface area (Å²) in [5.41, 5.74) is 6.26. The van der Waals surface area contributed by atoms with E-state index in [1.54, 1.807) is 6.21 Å². The first-order valence-electron chi connectivity index (χ1n) is 10.7. The van der Waals surface area contributed by atoms with Crippen LogP contribution in [0.25, 0.3) is 11.1 Å². The molecule has 0 atom stereocenters. The average molecular weight is 515 g/mol. The van der Waals surface area contributed by atoms with Crippen LogP contribution in [0.3, 0.4) is 0 Å². The number of hydrogen-bond donors (Lipinski definition) is 1. The van der Waals surface area contributed by atoms with Gasteiger partial charge in [-0.05, 0) is 35.4 Å². The second kappa shape index (κ2) is 11.8. The van der Waals surface area contributed by atoms with Crippen molar-refractivity contribution in [3.63, 3.8) is 0 Å².